The van der Waals surface area contributed by atoms with Crippen LogP contribution in [0.15, 0.2) is 18.3 Å². The number of rotatable bonds is 2. The molecule has 27 heavy (non-hydrogen) atoms. The number of likely N-dealkylation sites (tertiary alicyclic amines) is 2. The molecular weight excluding hydrogens is 342 g/mol. The van der Waals surface area contributed by atoms with Gasteiger partial charge in [0.25, 0.3) is 5.91 Å². The molecule has 0 aromatic carbocycles. The third kappa shape index (κ3) is 3.75. The maximum Gasteiger partial charge on any atom is 0.272 e. The molecule has 4 rings (SSSR count). The first-order valence-corrected chi connectivity index (χ1v) is 10.3. The van der Waals surface area contributed by atoms with E-state index >= 15 is 0 Å². The second-order valence-corrected chi connectivity index (χ2v) is 8.48. The van der Waals surface area contributed by atoms with Crippen LogP contribution in [0.25, 0.3) is 0 Å². The van der Waals surface area contributed by atoms with Crippen molar-refractivity contribution in [3.8, 4) is 0 Å². The van der Waals surface area contributed by atoms with E-state index in [4.69, 9.17) is 4.74 Å². The van der Waals surface area contributed by atoms with Gasteiger partial charge >= 0.3 is 0 Å². The summed E-state index contributed by atoms with van der Waals surface area (Å²) in [6, 6.07) is 4.34. The van der Waals surface area contributed by atoms with Gasteiger partial charge in [0.2, 0.25) is 0 Å². The Morgan fingerprint density at radius 2 is 2.07 bits per heavy atom. The molecule has 1 amide bonds. The van der Waals surface area contributed by atoms with E-state index in [0.717, 1.165) is 70.5 Å². The first-order chi connectivity index (χ1) is 13.1. The van der Waals surface area contributed by atoms with Gasteiger partial charge in [0.1, 0.15) is 5.69 Å². The lowest BCUT2D eigenvalue weighted by atomic mass is 9.71. The highest BCUT2D eigenvalue weighted by Gasteiger charge is 2.47. The van der Waals surface area contributed by atoms with Gasteiger partial charge in [-0.1, -0.05) is 6.07 Å². The molecule has 1 N–H and O–H groups in total. The fourth-order valence-corrected chi connectivity index (χ4v) is 5.14. The highest BCUT2D eigenvalue weighted by molar-refractivity contribution is 5.93. The second-order valence-electron chi connectivity index (χ2n) is 8.48. The molecule has 0 bridgehead atoms. The average Bonchev–Trinajstić information content (AvgIpc) is 2.71. The topological polar surface area (TPSA) is 65.9 Å². The van der Waals surface area contributed by atoms with Crippen LogP contribution in [0.2, 0.25) is 0 Å². The van der Waals surface area contributed by atoms with E-state index in [1.54, 1.807) is 6.20 Å². The molecule has 2 atom stereocenters. The molecule has 148 valence electrons. The van der Waals surface area contributed by atoms with Crippen LogP contribution in [0.3, 0.4) is 0 Å². The molecule has 0 radical (unpaired) electrons. The fourth-order valence-electron chi connectivity index (χ4n) is 5.14. The van der Waals surface area contributed by atoms with Crippen molar-refractivity contribution in [1.82, 2.24) is 14.8 Å². The second kappa shape index (κ2) is 7.86. The Labute approximate surface area is 161 Å². The van der Waals surface area contributed by atoms with Crippen LogP contribution in [0.5, 0.6) is 0 Å². The Hall–Kier alpha value is -1.50. The number of hydrogen-bond donors (Lipinski definition) is 1. The lowest BCUT2D eigenvalue weighted by Gasteiger charge is -2.53. The monoisotopic (exact) mass is 373 g/mol. The zero-order chi connectivity index (χ0) is 18.9. The zero-order valence-electron chi connectivity index (χ0n) is 16.3. The normalized spacial score (nSPS) is 30.6. The number of carbonyl (C=O) groups excluding carboxylic acids is 1. The van der Waals surface area contributed by atoms with Crippen LogP contribution >= 0.6 is 0 Å². The van der Waals surface area contributed by atoms with Crippen LogP contribution in [0.1, 0.15) is 48.2 Å². The van der Waals surface area contributed by atoms with Gasteiger partial charge in [-0.3, -0.25) is 14.7 Å². The van der Waals surface area contributed by atoms with Crippen molar-refractivity contribution in [2.75, 3.05) is 39.4 Å². The lowest BCUT2D eigenvalue weighted by Crippen LogP contribution is -2.61. The quantitative estimate of drug-likeness (QED) is 0.857. The molecule has 0 aliphatic carbocycles. The molecule has 0 unspecified atom stereocenters. The summed E-state index contributed by atoms with van der Waals surface area (Å²) in [5.74, 6) is 0.00237. The summed E-state index contributed by atoms with van der Waals surface area (Å²) in [6.45, 7) is 6.80. The minimum Gasteiger partial charge on any atom is -0.392 e. The van der Waals surface area contributed by atoms with E-state index in [-0.39, 0.29) is 17.4 Å². The lowest BCUT2D eigenvalue weighted by molar-refractivity contribution is -0.0971. The Morgan fingerprint density at radius 3 is 2.85 bits per heavy atom. The Bertz CT molecular complexity index is 676. The number of aliphatic hydroxyl groups excluding tert-OH is 1. The molecule has 3 aliphatic heterocycles. The van der Waals surface area contributed by atoms with Crippen LogP contribution < -0.4 is 0 Å². The molecule has 3 aliphatic rings. The van der Waals surface area contributed by atoms with Crippen LogP contribution in [-0.4, -0.2) is 77.3 Å². The molecule has 3 saturated heterocycles. The summed E-state index contributed by atoms with van der Waals surface area (Å²) in [5.41, 5.74) is 1.24. The van der Waals surface area contributed by atoms with Crippen molar-refractivity contribution >= 4 is 5.91 Å². The van der Waals surface area contributed by atoms with Crippen molar-refractivity contribution < 1.29 is 14.6 Å². The van der Waals surface area contributed by atoms with Gasteiger partial charge in [-0.25, -0.2) is 0 Å². The van der Waals surface area contributed by atoms with E-state index in [0.29, 0.717) is 18.3 Å². The van der Waals surface area contributed by atoms with E-state index in [1.165, 1.54) is 0 Å². The number of amides is 1. The molecule has 1 aromatic heterocycles. The number of pyridine rings is 1. The van der Waals surface area contributed by atoms with Crippen LogP contribution in [-0.2, 0) is 4.74 Å². The van der Waals surface area contributed by atoms with E-state index < -0.39 is 0 Å². The Balaban J connectivity index is 1.51. The smallest absolute Gasteiger partial charge is 0.272 e. The van der Waals surface area contributed by atoms with E-state index in [9.17, 15) is 9.90 Å². The summed E-state index contributed by atoms with van der Waals surface area (Å²) < 4.78 is 5.52. The highest BCUT2D eigenvalue weighted by atomic mass is 16.5. The number of piperidine rings is 2. The molecule has 0 saturated carbocycles. The maximum atomic E-state index is 13.1. The average molecular weight is 373 g/mol. The minimum atomic E-state index is -0.339. The van der Waals surface area contributed by atoms with Gasteiger partial charge in [0.15, 0.2) is 0 Å². The molecule has 3 fully saturated rings. The molecule has 6 nitrogen and oxygen atoms in total. The van der Waals surface area contributed by atoms with Crippen LogP contribution in [0, 0.1) is 12.3 Å². The van der Waals surface area contributed by atoms with Gasteiger partial charge in [0, 0.05) is 57.0 Å². The van der Waals surface area contributed by atoms with E-state index in [2.05, 4.69) is 9.88 Å². The molecule has 4 heterocycles. The molecule has 1 aromatic rings. The van der Waals surface area contributed by atoms with Crippen molar-refractivity contribution in [3.63, 3.8) is 0 Å². The van der Waals surface area contributed by atoms with Gasteiger partial charge < -0.3 is 14.7 Å². The first kappa shape index (κ1) is 18.8. The van der Waals surface area contributed by atoms with Gasteiger partial charge in [-0.15, -0.1) is 0 Å². The van der Waals surface area contributed by atoms with Gasteiger partial charge in [-0.2, -0.15) is 0 Å². The SMILES string of the molecule is Cc1cccnc1C(=O)N1CCC[C@]2(C1)CN(C1CCOCC1)CC[C@H]2O. The third-order valence-corrected chi connectivity index (χ3v) is 6.73. The maximum absolute atomic E-state index is 13.1. The fraction of sp³-hybridized carbons (Fsp3) is 0.714. The number of nitrogens with zero attached hydrogens (tertiary/aromatic N) is 3. The Morgan fingerprint density at radius 1 is 1.26 bits per heavy atom. The molecule has 1 spiro atoms. The van der Waals surface area contributed by atoms with Crippen molar-refractivity contribution in [1.29, 1.82) is 0 Å². The summed E-state index contributed by atoms with van der Waals surface area (Å²) in [4.78, 5) is 21.9. The number of aliphatic hydroxyl groups is 1. The standard InChI is InChI=1S/C21H31N3O3/c1-16-4-2-9-22-19(16)20(26)24-10-3-8-21(15-24)14-23(11-5-18(21)25)17-6-12-27-13-7-17/h2,4,9,17-18,25H,3,5-8,10-15H2,1H3/t18-,21-/m1/s1. The summed E-state index contributed by atoms with van der Waals surface area (Å²) in [7, 11) is 0. The summed E-state index contributed by atoms with van der Waals surface area (Å²) >= 11 is 0. The zero-order valence-corrected chi connectivity index (χ0v) is 16.3. The number of carbonyl (C=O) groups is 1. The van der Waals surface area contributed by atoms with Gasteiger partial charge in [-0.05, 0) is 50.7 Å². The van der Waals surface area contributed by atoms with Gasteiger partial charge in [0.05, 0.1) is 6.10 Å². The molecular formula is C21H31N3O3. The highest BCUT2D eigenvalue weighted by Crippen LogP contribution is 2.40. The number of hydrogen-bond acceptors (Lipinski definition) is 5. The number of ether oxygens (including phenoxy) is 1. The predicted molar refractivity (Wildman–Crippen MR) is 103 cm³/mol. The Kier molecular flexibility index (Phi) is 5.48. The predicted octanol–water partition coefficient (Wildman–Crippen LogP) is 1.86. The van der Waals surface area contributed by atoms with Crippen LogP contribution in [0.4, 0.5) is 0 Å². The number of aryl methyl sites for hydroxylation is 1. The largest absolute Gasteiger partial charge is 0.392 e. The minimum absolute atomic E-state index is 0.00237. The number of aromatic nitrogens is 1. The first-order valence-electron chi connectivity index (χ1n) is 10.3. The van der Waals surface area contributed by atoms with Crippen molar-refractivity contribution in [2.24, 2.45) is 5.41 Å². The third-order valence-electron chi connectivity index (χ3n) is 6.73. The van der Waals surface area contributed by atoms with Crippen molar-refractivity contribution in [2.45, 2.75) is 51.2 Å². The summed E-state index contributed by atoms with van der Waals surface area (Å²) in [5, 5.41) is 10.9. The van der Waals surface area contributed by atoms with E-state index in [1.807, 2.05) is 24.0 Å². The molecule has 6 heteroatoms. The summed E-state index contributed by atoms with van der Waals surface area (Å²) in [6.07, 6.45) is 6.21. The van der Waals surface area contributed by atoms with Crippen molar-refractivity contribution in [3.05, 3.63) is 29.6 Å².